The quantitative estimate of drug-likeness (QED) is 0.166. The van der Waals surface area contributed by atoms with Crippen LogP contribution < -0.4 is 0 Å². The van der Waals surface area contributed by atoms with Crippen molar-refractivity contribution < 1.29 is 55.6 Å². The molecule has 44 heavy (non-hydrogen) atoms. The molecule has 0 aromatic heterocycles. The molecule has 0 spiro atoms. The molecule has 1 fully saturated rings. The zero-order valence-electron chi connectivity index (χ0n) is 26.5. The van der Waals surface area contributed by atoms with Crippen LogP contribution in [0.3, 0.4) is 0 Å². The van der Waals surface area contributed by atoms with Crippen molar-refractivity contribution in [1.82, 2.24) is 0 Å². The van der Waals surface area contributed by atoms with Gasteiger partial charge in [0.1, 0.15) is 11.4 Å². The van der Waals surface area contributed by atoms with Gasteiger partial charge in [0.25, 0.3) is 0 Å². The molecule has 0 radical (unpaired) electrons. The van der Waals surface area contributed by atoms with Gasteiger partial charge < -0.3 is 19.7 Å². The third-order valence-corrected chi connectivity index (χ3v) is 9.25. The van der Waals surface area contributed by atoms with E-state index in [2.05, 4.69) is 4.74 Å². The minimum Gasteiger partial charge on any atom is -0.508 e. The Bertz CT molecular complexity index is 1120. The van der Waals surface area contributed by atoms with Crippen LogP contribution in [0.5, 0.6) is 5.75 Å². The fourth-order valence-electron chi connectivity index (χ4n) is 5.74. The zero-order valence-corrected chi connectivity index (χ0v) is 26.5. The molecule has 0 amide bonds. The highest BCUT2D eigenvalue weighted by molar-refractivity contribution is 5.78. The molecule has 252 valence electrons. The van der Waals surface area contributed by atoms with Crippen molar-refractivity contribution >= 4 is 11.9 Å². The van der Waals surface area contributed by atoms with Crippen LogP contribution in [0.4, 0.5) is 26.3 Å². The van der Waals surface area contributed by atoms with Gasteiger partial charge in [-0.25, -0.2) is 0 Å². The van der Waals surface area contributed by atoms with Crippen molar-refractivity contribution in [2.75, 3.05) is 0 Å². The van der Waals surface area contributed by atoms with Gasteiger partial charge in [-0.2, -0.15) is 26.3 Å². The number of benzene rings is 1. The molecule has 2 rings (SSSR count). The topological polar surface area (TPSA) is 93.1 Å². The van der Waals surface area contributed by atoms with E-state index in [0.29, 0.717) is 12.0 Å². The fourth-order valence-corrected chi connectivity index (χ4v) is 5.74. The summed E-state index contributed by atoms with van der Waals surface area (Å²) >= 11 is 0. The van der Waals surface area contributed by atoms with Crippen molar-refractivity contribution in [2.24, 2.45) is 16.7 Å². The molecule has 1 aromatic carbocycles. The third-order valence-electron chi connectivity index (χ3n) is 9.25. The van der Waals surface area contributed by atoms with Crippen molar-refractivity contribution in [3.63, 3.8) is 0 Å². The maximum Gasteiger partial charge on any atom is 0.425 e. The second kappa shape index (κ2) is 13.5. The number of ether oxygens (including phenoxy) is 2. The highest BCUT2D eigenvalue weighted by Crippen LogP contribution is 2.47. The number of carbonyl (C=O) groups is 2. The number of phenolic OH excluding ortho intramolecular Hbond substituents is 1. The average molecular weight is 641 g/mol. The second-order valence-electron chi connectivity index (χ2n) is 13.7. The average Bonchev–Trinajstić information content (AvgIpc) is 3.36. The lowest BCUT2D eigenvalue weighted by Crippen LogP contribution is -2.50. The lowest BCUT2D eigenvalue weighted by atomic mass is 9.71. The van der Waals surface area contributed by atoms with Crippen LogP contribution in [0.15, 0.2) is 24.3 Å². The number of esters is 2. The summed E-state index contributed by atoms with van der Waals surface area (Å²) in [6.45, 7) is 10.3. The van der Waals surface area contributed by atoms with Gasteiger partial charge in [-0.05, 0) is 102 Å². The Morgan fingerprint density at radius 3 is 1.84 bits per heavy atom. The summed E-state index contributed by atoms with van der Waals surface area (Å²) in [4.78, 5) is 26.9. The van der Waals surface area contributed by atoms with E-state index in [1.54, 1.807) is 19.1 Å². The number of hydrogen-bond donors (Lipinski definition) is 2. The largest absolute Gasteiger partial charge is 0.508 e. The molecular weight excluding hydrogens is 594 g/mol. The van der Waals surface area contributed by atoms with Gasteiger partial charge in [-0.3, -0.25) is 9.59 Å². The number of carbonyl (C=O) groups excluding carboxylic acids is 2. The van der Waals surface area contributed by atoms with E-state index in [1.165, 1.54) is 26.0 Å². The molecule has 1 aliphatic rings. The van der Waals surface area contributed by atoms with Crippen molar-refractivity contribution in [1.29, 1.82) is 0 Å². The molecular formula is C32H46F6O6. The Morgan fingerprint density at radius 2 is 1.41 bits per heavy atom. The summed E-state index contributed by atoms with van der Waals surface area (Å²) in [5.41, 5.74) is -6.51. The number of hydrogen-bond acceptors (Lipinski definition) is 6. The molecule has 0 aliphatic heterocycles. The number of aliphatic hydroxyl groups is 1. The van der Waals surface area contributed by atoms with Crippen LogP contribution in [0.1, 0.15) is 111 Å². The van der Waals surface area contributed by atoms with Crippen LogP contribution in [0.2, 0.25) is 0 Å². The van der Waals surface area contributed by atoms with E-state index in [1.807, 2.05) is 20.8 Å². The number of aromatic hydroxyl groups is 1. The number of alkyl halides is 6. The maximum absolute atomic E-state index is 13.8. The molecule has 1 saturated carbocycles. The molecule has 0 bridgehead atoms. The van der Waals surface area contributed by atoms with E-state index >= 15 is 0 Å². The van der Waals surface area contributed by atoms with Gasteiger partial charge in [-0.1, -0.05) is 32.9 Å². The highest BCUT2D eigenvalue weighted by Gasteiger charge is 2.57. The Kier molecular flexibility index (Phi) is 11.5. The first-order chi connectivity index (χ1) is 19.9. The van der Waals surface area contributed by atoms with Crippen LogP contribution in [0, 0.1) is 16.7 Å². The Morgan fingerprint density at radius 1 is 0.886 bits per heavy atom. The van der Waals surface area contributed by atoms with E-state index in [-0.39, 0.29) is 31.4 Å². The number of halogens is 6. The number of phenols is 1. The molecule has 4 unspecified atom stereocenters. The minimum atomic E-state index is -5.39. The Balaban J connectivity index is 2.39. The molecule has 0 heterocycles. The van der Waals surface area contributed by atoms with Crippen LogP contribution in [0.25, 0.3) is 0 Å². The molecule has 12 heteroatoms. The van der Waals surface area contributed by atoms with E-state index in [4.69, 9.17) is 4.74 Å². The minimum absolute atomic E-state index is 0.0475. The summed E-state index contributed by atoms with van der Waals surface area (Å²) in [5.74, 6) is -2.43. The van der Waals surface area contributed by atoms with Gasteiger partial charge >= 0.3 is 24.3 Å². The monoisotopic (exact) mass is 640 g/mol. The molecule has 2 N–H and O–H groups in total. The SMILES string of the molecule is CCC(C)(CC(CC(C)(C)C(=O)OC(CC(C)(O)C(F)(F)F)C(F)(F)F)c1ccc(O)cc1)C(=O)OC1(C(C)C)CCCC1. The summed E-state index contributed by atoms with van der Waals surface area (Å²) in [6, 6.07) is 5.96. The smallest absolute Gasteiger partial charge is 0.425 e. The predicted molar refractivity (Wildman–Crippen MR) is 152 cm³/mol. The standard InChI is InChI=1S/C32H46F6O6/c1-8-28(6,26(41)44-30(20(2)3)15-9-10-16-30)18-22(21-11-13-23(39)14-12-21)17-27(4,5)25(40)43-24(31(33,34)35)19-29(7,42)32(36,37)38/h11-14,20,22,24,39,42H,8-10,15-19H2,1-7H3. The first-order valence-corrected chi connectivity index (χ1v) is 15.0. The summed E-state index contributed by atoms with van der Waals surface area (Å²) in [7, 11) is 0. The second-order valence-corrected chi connectivity index (χ2v) is 13.7. The lowest BCUT2D eigenvalue weighted by molar-refractivity contribution is -0.285. The summed E-state index contributed by atoms with van der Waals surface area (Å²) in [6.07, 6.45) is -12.3. The van der Waals surface area contributed by atoms with Gasteiger partial charge in [0.15, 0.2) is 11.7 Å². The van der Waals surface area contributed by atoms with E-state index in [0.717, 1.165) is 25.7 Å². The van der Waals surface area contributed by atoms with Crippen LogP contribution >= 0.6 is 0 Å². The maximum atomic E-state index is 13.8. The summed E-state index contributed by atoms with van der Waals surface area (Å²) in [5, 5.41) is 19.5. The first-order valence-electron chi connectivity index (χ1n) is 15.0. The van der Waals surface area contributed by atoms with Crippen LogP contribution in [-0.2, 0) is 19.1 Å². The van der Waals surface area contributed by atoms with Gasteiger partial charge in [0.2, 0.25) is 0 Å². The normalized spacial score (nSPS) is 20.0. The Hall–Kier alpha value is -2.50. The predicted octanol–water partition coefficient (Wildman–Crippen LogP) is 8.39. The Labute approximate surface area is 255 Å². The molecule has 0 saturated heterocycles. The highest BCUT2D eigenvalue weighted by atomic mass is 19.4. The van der Waals surface area contributed by atoms with Crippen molar-refractivity contribution in [3.05, 3.63) is 29.8 Å². The number of rotatable bonds is 13. The summed E-state index contributed by atoms with van der Waals surface area (Å²) < 4.78 is 91.6. The van der Waals surface area contributed by atoms with E-state index < -0.39 is 64.8 Å². The molecule has 1 aliphatic carbocycles. The van der Waals surface area contributed by atoms with Crippen LogP contribution in [-0.4, -0.2) is 51.8 Å². The van der Waals surface area contributed by atoms with E-state index in [9.17, 15) is 46.1 Å². The first kappa shape index (κ1) is 37.7. The van der Waals surface area contributed by atoms with Gasteiger partial charge in [-0.15, -0.1) is 0 Å². The molecule has 4 atom stereocenters. The van der Waals surface area contributed by atoms with Crippen molar-refractivity contribution in [2.45, 2.75) is 135 Å². The molecule has 1 aromatic rings. The lowest BCUT2D eigenvalue weighted by Gasteiger charge is -2.39. The zero-order chi connectivity index (χ0) is 33.9. The third kappa shape index (κ3) is 9.03. The fraction of sp³-hybridized carbons (Fsp3) is 0.750. The van der Waals surface area contributed by atoms with Gasteiger partial charge in [0, 0.05) is 6.42 Å². The van der Waals surface area contributed by atoms with Crippen molar-refractivity contribution in [3.8, 4) is 5.75 Å². The molecule has 6 nitrogen and oxygen atoms in total. The van der Waals surface area contributed by atoms with Gasteiger partial charge in [0.05, 0.1) is 10.8 Å².